The van der Waals surface area contributed by atoms with Crippen LogP contribution in [-0.2, 0) is 0 Å². The summed E-state index contributed by atoms with van der Waals surface area (Å²) in [6.07, 6.45) is 4.70. The van der Waals surface area contributed by atoms with Crippen LogP contribution in [0.3, 0.4) is 0 Å². The number of benzene rings is 1. The molecular weight excluding hydrogens is 264 g/mol. The molecule has 0 radical (unpaired) electrons. The molecule has 0 amide bonds. The van der Waals surface area contributed by atoms with Gasteiger partial charge in [0.05, 0.1) is 17.1 Å². The molecule has 0 aliphatic rings. The second-order valence-corrected chi connectivity index (χ2v) is 5.06. The lowest BCUT2D eigenvalue weighted by molar-refractivity contribution is 0.597. The van der Waals surface area contributed by atoms with E-state index in [-0.39, 0.29) is 11.7 Å². The van der Waals surface area contributed by atoms with Gasteiger partial charge in [0.25, 0.3) is 0 Å². The summed E-state index contributed by atoms with van der Waals surface area (Å²) >= 11 is 0. The van der Waals surface area contributed by atoms with E-state index in [9.17, 15) is 4.79 Å². The first-order valence-electron chi connectivity index (χ1n) is 7.13. The van der Waals surface area contributed by atoms with Gasteiger partial charge in [-0.25, -0.2) is 4.79 Å². The van der Waals surface area contributed by atoms with E-state index in [0.717, 1.165) is 35.1 Å². The first-order chi connectivity index (χ1) is 10.3. The van der Waals surface area contributed by atoms with Crippen LogP contribution in [0.1, 0.15) is 30.5 Å². The largest absolute Gasteiger partial charge is 0.323 e. The third kappa shape index (κ3) is 2.87. The summed E-state index contributed by atoms with van der Waals surface area (Å²) in [4.78, 5) is 21.1. The molecule has 5 heteroatoms. The van der Waals surface area contributed by atoms with Gasteiger partial charge >= 0.3 is 5.69 Å². The fourth-order valence-electron chi connectivity index (χ4n) is 2.49. The minimum Gasteiger partial charge on any atom is -0.306 e. The average Bonchev–Trinajstić information content (AvgIpc) is 2.88. The molecule has 2 heterocycles. The van der Waals surface area contributed by atoms with E-state index >= 15 is 0 Å². The number of H-pyrrole nitrogens is 2. The van der Waals surface area contributed by atoms with E-state index in [0.29, 0.717) is 0 Å². The van der Waals surface area contributed by atoms with Crippen molar-refractivity contribution in [1.29, 1.82) is 0 Å². The van der Waals surface area contributed by atoms with Crippen LogP contribution in [0.4, 0.5) is 0 Å². The summed E-state index contributed by atoms with van der Waals surface area (Å²) in [5.74, 6) is 0. The third-order valence-electron chi connectivity index (χ3n) is 3.49. The second kappa shape index (κ2) is 5.93. The maximum absolute atomic E-state index is 11.4. The van der Waals surface area contributed by atoms with Gasteiger partial charge in [0.1, 0.15) is 0 Å². The van der Waals surface area contributed by atoms with Gasteiger partial charge in [-0.15, -0.1) is 0 Å². The first-order valence-corrected chi connectivity index (χ1v) is 7.13. The number of pyridine rings is 1. The van der Waals surface area contributed by atoms with Crippen molar-refractivity contribution in [3.63, 3.8) is 0 Å². The molecule has 108 valence electrons. The molecule has 0 aliphatic heterocycles. The van der Waals surface area contributed by atoms with E-state index < -0.39 is 0 Å². The molecule has 0 aliphatic carbocycles. The molecule has 0 saturated carbocycles. The van der Waals surface area contributed by atoms with Gasteiger partial charge in [0.2, 0.25) is 0 Å². The maximum Gasteiger partial charge on any atom is 0.323 e. The van der Waals surface area contributed by atoms with E-state index in [2.05, 4.69) is 33.3 Å². The van der Waals surface area contributed by atoms with Gasteiger partial charge in [0, 0.05) is 12.4 Å². The Morgan fingerprint density at radius 2 is 2.05 bits per heavy atom. The lowest BCUT2D eigenvalue weighted by atomic mass is 9.99. The molecule has 5 nitrogen and oxygen atoms in total. The number of hydrogen-bond acceptors (Lipinski definition) is 3. The van der Waals surface area contributed by atoms with Gasteiger partial charge in [0.15, 0.2) is 0 Å². The summed E-state index contributed by atoms with van der Waals surface area (Å²) in [6, 6.07) is 10.0. The lowest BCUT2D eigenvalue weighted by Gasteiger charge is -2.19. The highest BCUT2D eigenvalue weighted by Gasteiger charge is 2.14. The zero-order valence-electron chi connectivity index (χ0n) is 11.9. The number of nitrogens with one attached hydrogen (secondary N) is 3. The molecule has 0 spiro atoms. The Hall–Kier alpha value is -2.40. The quantitative estimate of drug-likeness (QED) is 0.672. The monoisotopic (exact) mass is 282 g/mol. The van der Waals surface area contributed by atoms with Crippen molar-refractivity contribution in [2.45, 2.75) is 19.4 Å². The van der Waals surface area contributed by atoms with E-state index in [1.54, 1.807) is 6.20 Å². The fourth-order valence-corrected chi connectivity index (χ4v) is 2.49. The van der Waals surface area contributed by atoms with Crippen molar-refractivity contribution >= 4 is 11.0 Å². The first kappa shape index (κ1) is 13.6. The topological polar surface area (TPSA) is 73.6 Å². The van der Waals surface area contributed by atoms with E-state index in [1.807, 2.05) is 30.5 Å². The van der Waals surface area contributed by atoms with Crippen molar-refractivity contribution in [3.05, 3.63) is 64.3 Å². The maximum atomic E-state index is 11.4. The standard InChI is InChI=1S/C16H18N4O/c1-2-7-18-15(12-4-3-8-17-10-12)11-5-6-13-14(9-11)20-16(21)19-13/h3-6,8-10,15,18H,2,7H2,1H3,(H2,19,20,21). The molecule has 1 atom stereocenters. The third-order valence-corrected chi connectivity index (χ3v) is 3.49. The summed E-state index contributed by atoms with van der Waals surface area (Å²) in [7, 11) is 0. The molecule has 0 fully saturated rings. The van der Waals surface area contributed by atoms with Crippen LogP contribution >= 0.6 is 0 Å². The van der Waals surface area contributed by atoms with Crippen molar-refractivity contribution in [2.75, 3.05) is 6.54 Å². The fraction of sp³-hybridized carbons (Fsp3) is 0.250. The molecular formula is C16H18N4O. The molecule has 0 saturated heterocycles. The summed E-state index contributed by atoms with van der Waals surface area (Å²) in [5.41, 5.74) is 3.69. The van der Waals surface area contributed by atoms with Crippen LogP contribution in [0.5, 0.6) is 0 Å². The van der Waals surface area contributed by atoms with Crippen LogP contribution in [0.25, 0.3) is 11.0 Å². The van der Waals surface area contributed by atoms with Gasteiger partial charge in [-0.3, -0.25) is 4.98 Å². The van der Waals surface area contributed by atoms with E-state index in [1.165, 1.54) is 0 Å². The Morgan fingerprint density at radius 3 is 2.81 bits per heavy atom. The number of aromatic amines is 2. The Balaban J connectivity index is 2.02. The molecule has 2 aromatic heterocycles. The number of aromatic nitrogens is 3. The number of rotatable bonds is 5. The highest BCUT2D eigenvalue weighted by atomic mass is 16.1. The molecule has 0 bridgehead atoms. The molecule has 3 N–H and O–H groups in total. The molecule has 3 rings (SSSR count). The van der Waals surface area contributed by atoms with Crippen molar-refractivity contribution in [2.24, 2.45) is 0 Å². The molecule has 1 aromatic carbocycles. The predicted molar refractivity (Wildman–Crippen MR) is 83.3 cm³/mol. The summed E-state index contributed by atoms with van der Waals surface area (Å²) in [5, 5.41) is 3.53. The highest BCUT2D eigenvalue weighted by molar-refractivity contribution is 5.75. The highest BCUT2D eigenvalue weighted by Crippen LogP contribution is 2.23. The molecule has 3 aromatic rings. The van der Waals surface area contributed by atoms with Crippen LogP contribution in [-0.4, -0.2) is 21.5 Å². The van der Waals surface area contributed by atoms with Gasteiger partial charge < -0.3 is 15.3 Å². The van der Waals surface area contributed by atoms with Gasteiger partial charge in [-0.2, -0.15) is 0 Å². The van der Waals surface area contributed by atoms with Crippen molar-refractivity contribution in [1.82, 2.24) is 20.3 Å². The number of hydrogen-bond donors (Lipinski definition) is 3. The van der Waals surface area contributed by atoms with Crippen LogP contribution in [0.15, 0.2) is 47.5 Å². The minimum atomic E-state index is -0.179. The molecule has 1 unspecified atom stereocenters. The Bertz CT molecular complexity index is 776. The van der Waals surface area contributed by atoms with Crippen molar-refractivity contribution < 1.29 is 0 Å². The Kier molecular flexibility index (Phi) is 3.83. The molecule has 21 heavy (non-hydrogen) atoms. The van der Waals surface area contributed by atoms with Crippen molar-refractivity contribution in [3.8, 4) is 0 Å². The van der Waals surface area contributed by atoms with Crippen LogP contribution in [0.2, 0.25) is 0 Å². The zero-order valence-corrected chi connectivity index (χ0v) is 11.9. The zero-order chi connectivity index (χ0) is 14.7. The number of nitrogens with zero attached hydrogens (tertiary/aromatic N) is 1. The Labute approximate surface area is 122 Å². The number of fused-ring (bicyclic) bond motifs is 1. The predicted octanol–water partition coefficient (Wildman–Crippen LogP) is 2.34. The van der Waals surface area contributed by atoms with Gasteiger partial charge in [-0.05, 0) is 42.3 Å². The SMILES string of the molecule is CCCNC(c1cccnc1)c1ccc2[nH]c(=O)[nH]c2c1. The second-order valence-electron chi connectivity index (χ2n) is 5.06. The summed E-state index contributed by atoms with van der Waals surface area (Å²) in [6.45, 7) is 3.06. The number of imidazole rings is 1. The van der Waals surface area contributed by atoms with Crippen LogP contribution in [0, 0.1) is 0 Å². The van der Waals surface area contributed by atoms with E-state index in [4.69, 9.17) is 0 Å². The smallest absolute Gasteiger partial charge is 0.306 e. The Morgan fingerprint density at radius 1 is 1.19 bits per heavy atom. The summed E-state index contributed by atoms with van der Waals surface area (Å²) < 4.78 is 0. The van der Waals surface area contributed by atoms with Gasteiger partial charge in [-0.1, -0.05) is 19.1 Å². The lowest BCUT2D eigenvalue weighted by Crippen LogP contribution is -2.23. The average molecular weight is 282 g/mol. The normalized spacial score (nSPS) is 12.6. The van der Waals surface area contributed by atoms with Crippen LogP contribution < -0.4 is 11.0 Å². The minimum absolute atomic E-state index is 0.0708.